The molecule has 2 aromatic rings. The van der Waals surface area contributed by atoms with Crippen LogP contribution in [0.25, 0.3) is 0 Å². The molecule has 2 N–H and O–H groups in total. The Kier molecular flexibility index (Phi) is 4.80. The molecule has 0 saturated heterocycles. The van der Waals surface area contributed by atoms with E-state index in [9.17, 15) is 9.90 Å². The molecule has 2 rings (SSSR count). The van der Waals surface area contributed by atoms with Crippen molar-refractivity contribution in [2.75, 3.05) is 6.54 Å². The first-order valence-corrected chi connectivity index (χ1v) is 7.35. The molecule has 1 unspecified atom stereocenters. The zero-order valence-electron chi connectivity index (χ0n) is 11.1. The van der Waals surface area contributed by atoms with E-state index in [0.717, 1.165) is 0 Å². The van der Waals surface area contributed by atoms with Gasteiger partial charge in [-0.2, -0.15) is 0 Å². The fraction of sp³-hybridized carbons (Fsp3) is 0.385. The van der Waals surface area contributed by atoms with Crippen molar-refractivity contribution in [2.45, 2.75) is 25.9 Å². The van der Waals surface area contributed by atoms with Crippen molar-refractivity contribution in [1.29, 1.82) is 0 Å². The quantitative estimate of drug-likeness (QED) is 0.889. The summed E-state index contributed by atoms with van der Waals surface area (Å²) in [6, 6.07) is 5.05. The van der Waals surface area contributed by atoms with Crippen molar-refractivity contribution in [3.05, 3.63) is 38.9 Å². The van der Waals surface area contributed by atoms with E-state index in [-0.39, 0.29) is 24.1 Å². The van der Waals surface area contributed by atoms with Crippen LogP contribution < -0.4 is 5.32 Å². The highest BCUT2D eigenvalue weighted by Crippen LogP contribution is 2.26. The van der Waals surface area contributed by atoms with E-state index < -0.39 is 6.10 Å². The standard InChI is InChI=1S/C13H15ClN2O3S/c1-7(2)10-5-8(16-19-10)13(18)15-6-9(17)11-3-4-12(14)20-11/h3-5,7,9,17H,6H2,1-2H3,(H,15,18). The molecular formula is C13H15ClN2O3S. The van der Waals surface area contributed by atoms with Crippen LogP contribution in [0.15, 0.2) is 22.7 Å². The van der Waals surface area contributed by atoms with Gasteiger partial charge in [0.2, 0.25) is 0 Å². The number of carbonyl (C=O) groups is 1. The van der Waals surface area contributed by atoms with Crippen molar-refractivity contribution in [3.63, 3.8) is 0 Å². The Bertz CT molecular complexity index is 594. The first-order valence-electron chi connectivity index (χ1n) is 6.15. The fourth-order valence-corrected chi connectivity index (χ4v) is 2.60. The Morgan fingerprint density at radius 3 is 2.85 bits per heavy atom. The minimum absolute atomic E-state index is 0.0968. The van der Waals surface area contributed by atoms with E-state index >= 15 is 0 Å². The van der Waals surface area contributed by atoms with Gasteiger partial charge in [0.05, 0.1) is 4.34 Å². The van der Waals surface area contributed by atoms with Crippen molar-refractivity contribution in [3.8, 4) is 0 Å². The summed E-state index contributed by atoms with van der Waals surface area (Å²) in [5.41, 5.74) is 0.213. The molecule has 7 heteroatoms. The Morgan fingerprint density at radius 1 is 1.55 bits per heavy atom. The lowest BCUT2D eigenvalue weighted by atomic mass is 10.1. The lowest BCUT2D eigenvalue weighted by Gasteiger charge is -2.08. The summed E-state index contributed by atoms with van der Waals surface area (Å²) in [7, 11) is 0. The van der Waals surface area contributed by atoms with E-state index in [4.69, 9.17) is 16.1 Å². The van der Waals surface area contributed by atoms with E-state index in [0.29, 0.717) is 15.0 Å². The van der Waals surface area contributed by atoms with Crippen molar-refractivity contribution >= 4 is 28.8 Å². The zero-order valence-corrected chi connectivity index (χ0v) is 12.7. The second-order valence-electron chi connectivity index (χ2n) is 4.64. The van der Waals surface area contributed by atoms with Crippen LogP contribution in [0.1, 0.15) is 47.0 Å². The largest absolute Gasteiger partial charge is 0.386 e. The van der Waals surface area contributed by atoms with Gasteiger partial charge in [0.25, 0.3) is 5.91 Å². The maximum Gasteiger partial charge on any atom is 0.273 e. The van der Waals surface area contributed by atoms with Gasteiger partial charge in [0, 0.05) is 23.4 Å². The topological polar surface area (TPSA) is 75.4 Å². The summed E-state index contributed by atoms with van der Waals surface area (Å²) < 4.78 is 5.65. The third-order valence-corrected chi connectivity index (χ3v) is 4.04. The molecular weight excluding hydrogens is 300 g/mol. The number of amides is 1. The van der Waals surface area contributed by atoms with Crippen LogP contribution in [0.3, 0.4) is 0 Å². The molecule has 0 spiro atoms. The van der Waals surface area contributed by atoms with Gasteiger partial charge in [-0.3, -0.25) is 4.79 Å². The van der Waals surface area contributed by atoms with Gasteiger partial charge >= 0.3 is 0 Å². The lowest BCUT2D eigenvalue weighted by Crippen LogP contribution is -2.28. The molecule has 0 radical (unpaired) electrons. The summed E-state index contributed by atoms with van der Waals surface area (Å²) in [6.45, 7) is 4.00. The monoisotopic (exact) mass is 314 g/mol. The first kappa shape index (κ1) is 15.0. The Hall–Kier alpha value is -1.37. The Labute approximate surface area is 125 Å². The van der Waals surface area contributed by atoms with E-state index in [1.807, 2.05) is 13.8 Å². The number of nitrogens with one attached hydrogen (secondary N) is 1. The van der Waals surface area contributed by atoms with Crippen LogP contribution in [0.4, 0.5) is 0 Å². The predicted octanol–water partition coefficient (Wildman–Crippen LogP) is 2.98. The van der Waals surface area contributed by atoms with Crippen LogP contribution in [0.2, 0.25) is 4.34 Å². The average Bonchev–Trinajstić information content (AvgIpc) is 3.04. The number of aromatic nitrogens is 1. The molecule has 0 aliphatic rings. The molecule has 0 saturated carbocycles. The highest BCUT2D eigenvalue weighted by atomic mass is 35.5. The van der Waals surface area contributed by atoms with Gasteiger partial charge in [-0.15, -0.1) is 11.3 Å². The van der Waals surface area contributed by atoms with E-state index in [1.165, 1.54) is 11.3 Å². The lowest BCUT2D eigenvalue weighted by molar-refractivity contribution is 0.0909. The van der Waals surface area contributed by atoms with Crippen molar-refractivity contribution in [1.82, 2.24) is 10.5 Å². The number of carbonyl (C=O) groups excluding carboxylic acids is 1. The molecule has 108 valence electrons. The van der Waals surface area contributed by atoms with Gasteiger partial charge in [0.1, 0.15) is 11.9 Å². The molecule has 5 nitrogen and oxygen atoms in total. The molecule has 1 atom stereocenters. The minimum Gasteiger partial charge on any atom is -0.386 e. The van der Waals surface area contributed by atoms with Crippen LogP contribution in [0, 0.1) is 0 Å². The molecule has 2 aromatic heterocycles. The predicted molar refractivity (Wildman–Crippen MR) is 77.2 cm³/mol. The molecule has 0 fully saturated rings. The van der Waals surface area contributed by atoms with Gasteiger partial charge in [-0.1, -0.05) is 30.6 Å². The van der Waals surface area contributed by atoms with Crippen LogP contribution >= 0.6 is 22.9 Å². The summed E-state index contributed by atoms with van der Waals surface area (Å²) >= 11 is 7.07. The number of aliphatic hydroxyl groups excluding tert-OH is 1. The fourth-order valence-electron chi connectivity index (χ4n) is 1.56. The van der Waals surface area contributed by atoms with Gasteiger partial charge in [-0.25, -0.2) is 0 Å². The van der Waals surface area contributed by atoms with Crippen molar-refractivity contribution in [2.24, 2.45) is 0 Å². The van der Waals surface area contributed by atoms with E-state index in [2.05, 4.69) is 10.5 Å². The smallest absolute Gasteiger partial charge is 0.273 e. The van der Waals surface area contributed by atoms with E-state index in [1.54, 1.807) is 18.2 Å². The third-order valence-electron chi connectivity index (χ3n) is 2.71. The second-order valence-corrected chi connectivity index (χ2v) is 6.38. The average molecular weight is 315 g/mol. The SMILES string of the molecule is CC(C)c1cc(C(=O)NCC(O)c2ccc(Cl)s2)no1. The number of hydrogen-bond acceptors (Lipinski definition) is 5. The van der Waals surface area contributed by atoms with Crippen LogP contribution in [0.5, 0.6) is 0 Å². The highest BCUT2D eigenvalue weighted by molar-refractivity contribution is 7.16. The number of thiophene rings is 1. The molecule has 0 bridgehead atoms. The number of rotatable bonds is 5. The number of hydrogen-bond donors (Lipinski definition) is 2. The summed E-state index contributed by atoms with van der Waals surface area (Å²) in [5.74, 6) is 0.450. The number of aliphatic hydroxyl groups is 1. The number of nitrogens with zero attached hydrogens (tertiary/aromatic N) is 1. The molecule has 0 aliphatic heterocycles. The molecule has 2 heterocycles. The van der Waals surface area contributed by atoms with Crippen molar-refractivity contribution < 1.29 is 14.4 Å². The maximum absolute atomic E-state index is 11.9. The Morgan fingerprint density at radius 2 is 2.30 bits per heavy atom. The highest BCUT2D eigenvalue weighted by Gasteiger charge is 2.16. The second kappa shape index (κ2) is 6.39. The minimum atomic E-state index is -0.784. The van der Waals surface area contributed by atoms with Gasteiger partial charge < -0.3 is 14.9 Å². The van der Waals surface area contributed by atoms with Crippen LogP contribution in [-0.2, 0) is 0 Å². The maximum atomic E-state index is 11.9. The Balaban J connectivity index is 1.91. The molecule has 0 aliphatic carbocycles. The summed E-state index contributed by atoms with van der Waals surface area (Å²) in [4.78, 5) is 12.6. The van der Waals surface area contributed by atoms with Gasteiger partial charge in [0.15, 0.2) is 5.69 Å². The summed E-state index contributed by atoms with van der Waals surface area (Å²) in [6.07, 6.45) is -0.784. The summed E-state index contributed by atoms with van der Waals surface area (Å²) in [5, 5.41) is 16.2. The number of halogens is 1. The third kappa shape index (κ3) is 3.59. The van der Waals surface area contributed by atoms with Crippen LogP contribution in [-0.4, -0.2) is 22.7 Å². The molecule has 1 amide bonds. The van der Waals surface area contributed by atoms with Gasteiger partial charge in [-0.05, 0) is 12.1 Å². The first-order chi connectivity index (χ1) is 9.47. The zero-order chi connectivity index (χ0) is 14.7. The molecule has 0 aromatic carbocycles. The molecule has 20 heavy (non-hydrogen) atoms. The normalized spacial score (nSPS) is 12.7.